The molecule has 4 heteroatoms. The highest BCUT2D eigenvalue weighted by atomic mass is 15.5. The Morgan fingerprint density at radius 3 is 3.30 bits per heavy atom. The molecule has 4 nitrogen and oxygen atoms in total. The van der Waals surface area contributed by atoms with Gasteiger partial charge in [-0.15, -0.1) is 0 Å². The molecule has 0 radical (unpaired) electrons. The van der Waals surface area contributed by atoms with E-state index in [2.05, 4.69) is 4.99 Å². The number of hydrazine groups is 1. The maximum Gasteiger partial charge on any atom is 0.151 e. The third kappa shape index (κ3) is 0.698. The van der Waals surface area contributed by atoms with Crippen LogP contribution in [0.2, 0.25) is 0 Å². The van der Waals surface area contributed by atoms with Crippen LogP contribution >= 0.6 is 0 Å². The van der Waals surface area contributed by atoms with Crippen molar-refractivity contribution in [2.45, 2.75) is 0 Å². The van der Waals surface area contributed by atoms with Gasteiger partial charge in [0.25, 0.3) is 0 Å². The molecule has 2 heterocycles. The van der Waals surface area contributed by atoms with Gasteiger partial charge >= 0.3 is 0 Å². The van der Waals surface area contributed by atoms with Gasteiger partial charge in [-0.1, -0.05) is 0 Å². The lowest BCUT2D eigenvalue weighted by molar-refractivity contribution is 0.315. The van der Waals surface area contributed by atoms with E-state index in [1.807, 2.05) is 17.2 Å². The molecule has 2 rings (SSSR count). The van der Waals surface area contributed by atoms with Gasteiger partial charge in [-0.25, -0.2) is 10.8 Å². The van der Waals surface area contributed by atoms with Crippen LogP contribution in [0.3, 0.4) is 0 Å². The Kier molecular flexibility index (Phi) is 1.01. The van der Waals surface area contributed by atoms with Gasteiger partial charge in [-0.2, -0.15) is 0 Å². The summed E-state index contributed by atoms with van der Waals surface area (Å²) in [5, 5.41) is 1.60. The molecule has 10 heavy (non-hydrogen) atoms. The van der Waals surface area contributed by atoms with Crippen molar-refractivity contribution in [3.05, 3.63) is 24.3 Å². The number of nitrogens with zero attached hydrogens (tertiary/aromatic N) is 3. The quantitative estimate of drug-likeness (QED) is 0.470. The minimum Gasteiger partial charge on any atom is -0.312 e. The first-order valence-electron chi connectivity index (χ1n) is 3.07. The average molecular weight is 136 g/mol. The molecule has 0 amide bonds. The van der Waals surface area contributed by atoms with Crippen LogP contribution in [0.4, 0.5) is 0 Å². The first-order valence-corrected chi connectivity index (χ1v) is 3.07. The molecule has 0 fully saturated rings. The monoisotopic (exact) mass is 136 g/mol. The molecule has 0 saturated heterocycles. The summed E-state index contributed by atoms with van der Waals surface area (Å²) in [6.45, 7) is 0.698. The fraction of sp³-hybridized carbons (Fsp3) is 0.167. The van der Waals surface area contributed by atoms with Gasteiger partial charge in [0.05, 0.1) is 6.20 Å². The first kappa shape index (κ1) is 5.49. The number of fused-ring (bicyclic) bond motifs is 1. The third-order valence-electron chi connectivity index (χ3n) is 1.45. The average Bonchev–Trinajstić information content (AvgIpc) is 2.27. The molecular formula is C6H8N4. The van der Waals surface area contributed by atoms with E-state index >= 15 is 0 Å². The lowest BCUT2D eigenvalue weighted by Crippen LogP contribution is -2.28. The molecule has 2 aliphatic heterocycles. The minimum absolute atomic E-state index is 0.698. The second-order valence-corrected chi connectivity index (χ2v) is 2.23. The number of rotatable bonds is 0. The van der Waals surface area contributed by atoms with Crippen molar-refractivity contribution in [1.82, 2.24) is 9.91 Å². The molecule has 0 spiro atoms. The normalized spacial score (nSPS) is 21.5. The molecule has 0 aromatic heterocycles. The molecule has 0 aliphatic carbocycles. The highest BCUT2D eigenvalue weighted by molar-refractivity contribution is 5.73. The summed E-state index contributed by atoms with van der Waals surface area (Å²) in [5.41, 5.74) is 0. The summed E-state index contributed by atoms with van der Waals surface area (Å²) in [6, 6.07) is 0. The zero-order valence-electron chi connectivity index (χ0n) is 5.44. The summed E-state index contributed by atoms with van der Waals surface area (Å²) in [4.78, 5) is 6.07. The number of hydrogen-bond donors (Lipinski definition) is 1. The van der Waals surface area contributed by atoms with Crippen LogP contribution < -0.4 is 5.84 Å². The van der Waals surface area contributed by atoms with E-state index in [0.29, 0.717) is 6.67 Å². The molecule has 2 N–H and O–H groups in total. The molecule has 0 saturated carbocycles. The number of allylic oxidation sites excluding steroid dienone is 1. The van der Waals surface area contributed by atoms with Crippen LogP contribution in [-0.4, -0.2) is 22.8 Å². The van der Waals surface area contributed by atoms with Crippen molar-refractivity contribution in [3.63, 3.8) is 0 Å². The molecule has 0 atom stereocenters. The Hall–Kier alpha value is -1.29. The van der Waals surface area contributed by atoms with E-state index in [4.69, 9.17) is 5.84 Å². The molecule has 0 unspecified atom stereocenters. The lowest BCUT2D eigenvalue weighted by atomic mass is 10.5. The van der Waals surface area contributed by atoms with E-state index in [1.54, 1.807) is 17.4 Å². The van der Waals surface area contributed by atoms with Crippen molar-refractivity contribution in [2.24, 2.45) is 10.8 Å². The molecule has 0 aromatic rings. The van der Waals surface area contributed by atoms with Gasteiger partial charge in [-0.05, 0) is 6.08 Å². The smallest absolute Gasteiger partial charge is 0.151 e. The fourth-order valence-corrected chi connectivity index (χ4v) is 1.00. The van der Waals surface area contributed by atoms with Gasteiger partial charge in [0, 0.05) is 12.4 Å². The number of aliphatic imine (C=N–C) groups is 1. The Morgan fingerprint density at radius 1 is 1.60 bits per heavy atom. The zero-order chi connectivity index (χ0) is 6.97. The zero-order valence-corrected chi connectivity index (χ0v) is 5.44. The second kappa shape index (κ2) is 1.85. The fourth-order valence-electron chi connectivity index (χ4n) is 1.00. The van der Waals surface area contributed by atoms with E-state index in [-0.39, 0.29) is 0 Å². The number of nitrogens with two attached hydrogens (primary N) is 1. The highest BCUT2D eigenvalue weighted by Gasteiger charge is 2.16. The largest absolute Gasteiger partial charge is 0.312 e. The minimum atomic E-state index is 0.698. The molecule has 52 valence electrons. The van der Waals surface area contributed by atoms with Crippen LogP contribution in [0.25, 0.3) is 0 Å². The summed E-state index contributed by atoms with van der Waals surface area (Å²) < 4.78 is 0. The van der Waals surface area contributed by atoms with Crippen molar-refractivity contribution < 1.29 is 0 Å². The Bertz CT molecular complexity index is 228. The van der Waals surface area contributed by atoms with Crippen LogP contribution in [0.15, 0.2) is 29.3 Å². The Morgan fingerprint density at radius 2 is 2.50 bits per heavy atom. The van der Waals surface area contributed by atoms with E-state index in [9.17, 15) is 0 Å². The topological polar surface area (TPSA) is 44.9 Å². The van der Waals surface area contributed by atoms with Crippen molar-refractivity contribution in [1.29, 1.82) is 0 Å². The van der Waals surface area contributed by atoms with Gasteiger partial charge < -0.3 is 4.90 Å². The predicted octanol–water partition coefficient (Wildman–Crippen LogP) is -0.168. The lowest BCUT2D eigenvalue weighted by Gasteiger charge is -2.16. The van der Waals surface area contributed by atoms with Crippen LogP contribution in [0, 0.1) is 0 Å². The van der Waals surface area contributed by atoms with Gasteiger partial charge in [0.1, 0.15) is 6.67 Å². The second-order valence-electron chi connectivity index (χ2n) is 2.23. The van der Waals surface area contributed by atoms with Crippen LogP contribution in [0.5, 0.6) is 0 Å². The maximum absolute atomic E-state index is 5.50. The predicted molar refractivity (Wildman–Crippen MR) is 38.4 cm³/mol. The van der Waals surface area contributed by atoms with Gasteiger partial charge in [-0.3, -0.25) is 5.01 Å². The number of hydrogen-bond acceptors (Lipinski definition) is 4. The van der Waals surface area contributed by atoms with E-state index < -0.39 is 0 Å². The van der Waals surface area contributed by atoms with Crippen molar-refractivity contribution >= 4 is 6.21 Å². The van der Waals surface area contributed by atoms with E-state index in [1.165, 1.54) is 0 Å². The SMILES string of the molecule is NN1C=C2N=CC=CN2C1. The standard InChI is InChI=1S/C6H8N4/c7-10-4-6-8-2-1-3-9(6)5-10/h1-4H,5,7H2. The summed E-state index contributed by atoms with van der Waals surface area (Å²) in [7, 11) is 0. The molecule has 0 aromatic carbocycles. The molecular weight excluding hydrogens is 128 g/mol. The van der Waals surface area contributed by atoms with Crippen LogP contribution in [0.1, 0.15) is 0 Å². The van der Waals surface area contributed by atoms with Crippen LogP contribution in [-0.2, 0) is 0 Å². The summed E-state index contributed by atoms with van der Waals surface area (Å²) in [5.74, 6) is 6.41. The van der Waals surface area contributed by atoms with Gasteiger partial charge in [0.2, 0.25) is 0 Å². The third-order valence-corrected chi connectivity index (χ3v) is 1.45. The molecule has 0 bridgehead atoms. The van der Waals surface area contributed by atoms with Gasteiger partial charge in [0.15, 0.2) is 5.82 Å². The summed E-state index contributed by atoms with van der Waals surface area (Å²) in [6.07, 6.45) is 7.39. The van der Waals surface area contributed by atoms with E-state index in [0.717, 1.165) is 5.82 Å². The maximum atomic E-state index is 5.50. The first-order chi connectivity index (χ1) is 4.86. The Labute approximate surface area is 58.9 Å². The highest BCUT2D eigenvalue weighted by Crippen LogP contribution is 2.16. The Balaban J connectivity index is 2.29. The molecule has 2 aliphatic rings. The van der Waals surface area contributed by atoms with Crippen molar-refractivity contribution in [2.75, 3.05) is 6.67 Å². The van der Waals surface area contributed by atoms with Crippen molar-refractivity contribution in [3.8, 4) is 0 Å². The summed E-state index contributed by atoms with van der Waals surface area (Å²) >= 11 is 0.